The fourth-order valence-electron chi connectivity index (χ4n) is 6.28. The largest absolute Gasteiger partial charge is 0.481 e. The lowest BCUT2D eigenvalue weighted by Gasteiger charge is -1.98. The molecule has 0 aliphatic carbocycles. The molecule has 0 amide bonds. The van der Waals surface area contributed by atoms with Crippen molar-refractivity contribution in [2.45, 2.75) is 259 Å². The minimum Gasteiger partial charge on any atom is -0.481 e. The summed E-state index contributed by atoms with van der Waals surface area (Å²) in [5.74, 6) is -1.34. The van der Waals surface area contributed by atoms with Gasteiger partial charge in [0.15, 0.2) is 0 Å². The lowest BCUT2D eigenvalue weighted by atomic mass is 10.1. The summed E-state index contributed by atoms with van der Waals surface area (Å²) < 4.78 is 0. The van der Waals surface area contributed by atoms with E-state index in [2.05, 4.69) is 101 Å². The quantitative estimate of drug-likeness (QED) is 0.0366. The maximum absolute atomic E-state index is 10.3. The van der Waals surface area contributed by atoms with Crippen molar-refractivity contribution in [1.82, 2.24) is 0 Å². The molecular weight excluding hydrogens is 713 g/mol. The Hall–Kier alpha value is -2.62. The summed E-state index contributed by atoms with van der Waals surface area (Å²) in [5, 5.41) is 17.0. The smallest absolute Gasteiger partial charge is 0.303 e. The maximum Gasteiger partial charge on any atom is 0.303 e. The van der Waals surface area contributed by atoms with Crippen molar-refractivity contribution in [3.05, 3.63) is 72.9 Å². The number of unbranched alkanes of at least 4 members (excludes halogenated alkanes) is 27. The van der Waals surface area contributed by atoms with Crippen LogP contribution in [-0.4, -0.2) is 22.2 Å². The summed E-state index contributed by atoms with van der Waals surface area (Å²) in [6.45, 7) is 9.01. The molecule has 0 unspecified atom stereocenters. The van der Waals surface area contributed by atoms with E-state index in [-0.39, 0.29) is 0 Å². The van der Waals surface area contributed by atoms with Crippen LogP contribution in [0.3, 0.4) is 0 Å². The first kappa shape index (κ1) is 59.7. The van der Waals surface area contributed by atoms with E-state index in [4.69, 9.17) is 10.2 Å². The zero-order valence-electron chi connectivity index (χ0n) is 39.1. The van der Waals surface area contributed by atoms with Crippen LogP contribution >= 0.6 is 0 Å². The lowest BCUT2D eigenvalue weighted by molar-refractivity contribution is -0.138. The zero-order chi connectivity index (χ0) is 43.1. The van der Waals surface area contributed by atoms with Gasteiger partial charge in [-0.15, -0.1) is 0 Å². The van der Waals surface area contributed by atoms with Gasteiger partial charge in [0.2, 0.25) is 0 Å². The average Bonchev–Trinajstić information content (AvgIpc) is 3.21. The first-order chi connectivity index (χ1) is 28.5. The molecule has 0 aromatic rings. The SMILES string of the molecule is CCCCC/C=C\C/C=C\CCCCCCCC(=O)O.CCCCC/C=C\C=C\CCCCCCCCC.CCCCCC/C=C/C=C\CCCCCCCC(=O)O. The monoisotopic (exact) mass is 811 g/mol. The molecule has 0 saturated heterocycles. The predicted octanol–water partition coefficient (Wildman–Crippen LogP) is 18.6. The lowest BCUT2D eigenvalue weighted by Crippen LogP contribution is -1.93. The van der Waals surface area contributed by atoms with Crippen LogP contribution in [-0.2, 0) is 9.59 Å². The van der Waals surface area contributed by atoms with Crippen LogP contribution in [0.2, 0.25) is 0 Å². The third-order valence-corrected chi connectivity index (χ3v) is 10.0. The highest BCUT2D eigenvalue weighted by Gasteiger charge is 1.97. The summed E-state index contributed by atoms with van der Waals surface area (Å²) in [5.41, 5.74) is 0. The van der Waals surface area contributed by atoms with Crippen LogP contribution in [0.5, 0.6) is 0 Å². The van der Waals surface area contributed by atoms with Gasteiger partial charge in [0.05, 0.1) is 0 Å². The van der Waals surface area contributed by atoms with Crippen molar-refractivity contribution >= 4 is 11.9 Å². The topological polar surface area (TPSA) is 74.6 Å². The van der Waals surface area contributed by atoms with Crippen LogP contribution in [0.4, 0.5) is 0 Å². The van der Waals surface area contributed by atoms with E-state index >= 15 is 0 Å². The average molecular weight is 811 g/mol. The third kappa shape index (κ3) is 68.1. The van der Waals surface area contributed by atoms with Gasteiger partial charge in [-0.2, -0.15) is 0 Å². The molecule has 0 heterocycles. The first-order valence-corrected chi connectivity index (χ1v) is 24.8. The van der Waals surface area contributed by atoms with Crippen LogP contribution in [0, 0.1) is 0 Å². The van der Waals surface area contributed by atoms with E-state index in [0.717, 1.165) is 51.4 Å². The molecule has 2 N–H and O–H groups in total. The van der Waals surface area contributed by atoms with Gasteiger partial charge in [-0.3, -0.25) is 9.59 Å². The second kappa shape index (κ2) is 58.7. The Morgan fingerprint density at radius 1 is 0.293 bits per heavy atom. The van der Waals surface area contributed by atoms with Crippen LogP contribution < -0.4 is 0 Å². The van der Waals surface area contributed by atoms with Gasteiger partial charge in [-0.1, -0.05) is 223 Å². The highest BCUT2D eigenvalue weighted by atomic mass is 16.4. The third-order valence-electron chi connectivity index (χ3n) is 10.0. The van der Waals surface area contributed by atoms with Crippen molar-refractivity contribution in [2.75, 3.05) is 0 Å². The van der Waals surface area contributed by atoms with Crippen LogP contribution in [0.15, 0.2) is 72.9 Å². The Morgan fingerprint density at radius 3 is 0.828 bits per heavy atom. The number of rotatable bonds is 41. The summed E-state index contributed by atoms with van der Waals surface area (Å²) >= 11 is 0. The minimum atomic E-state index is -0.672. The highest BCUT2D eigenvalue weighted by molar-refractivity contribution is 5.66. The number of aliphatic carboxylic acids is 2. The van der Waals surface area contributed by atoms with Gasteiger partial charge in [-0.05, 0) is 96.3 Å². The van der Waals surface area contributed by atoms with Crippen molar-refractivity contribution < 1.29 is 19.8 Å². The number of hydrogen-bond donors (Lipinski definition) is 2. The molecule has 4 nitrogen and oxygen atoms in total. The molecule has 0 aromatic carbocycles. The van der Waals surface area contributed by atoms with Crippen molar-refractivity contribution in [3.63, 3.8) is 0 Å². The minimum absolute atomic E-state index is 0.322. The van der Waals surface area contributed by atoms with Gasteiger partial charge in [-0.25, -0.2) is 0 Å². The van der Waals surface area contributed by atoms with Crippen LogP contribution in [0.1, 0.15) is 259 Å². The molecule has 0 aromatic heterocycles. The number of carboxylic acids is 2. The van der Waals surface area contributed by atoms with E-state index in [9.17, 15) is 9.59 Å². The summed E-state index contributed by atoms with van der Waals surface area (Å²) in [6, 6.07) is 0. The van der Waals surface area contributed by atoms with E-state index in [0.29, 0.717) is 12.8 Å². The molecule has 0 radical (unpaired) electrons. The van der Waals surface area contributed by atoms with Crippen molar-refractivity contribution in [3.8, 4) is 0 Å². The molecular formula is C54H98O4. The Kier molecular flexibility index (Phi) is 60.4. The second-order valence-electron chi connectivity index (χ2n) is 16.0. The van der Waals surface area contributed by atoms with Crippen LogP contribution in [0.25, 0.3) is 0 Å². The molecule has 0 bridgehead atoms. The molecule has 338 valence electrons. The summed E-state index contributed by atoms with van der Waals surface area (Å²) in [7, 11) is 0. The predicted molar refractivity (Wildman–Crippen MR) is 259 cm³/mol. The molecule has 0 saturated carbocycles. The molecule has 4 heteroatoms. The molecule has 0 aliphatic rings. The second-order valence-corrected chi connectivity index (χ2v) is 16.0. The number of allylic oxidation sites excluding steroid dienone is 12. The Labute approximate surface area is 362 Å². The van der Waals surface area contributed by atoms with E-state index in [1.807, 2.05) is 0 Å². The Morgan fingerprint density at radius 2 is 0.517 bits per heavy atom. The maximum atomic E-state index is 10.3. The zero-order valence-corrected chi connectivity index (χ0v) is 39.1. The van der Waals surface area contributed by atoms with Gasteiger partial charge in [0.25, 0.3) is 0 Å². The Balaban J connectivity index is -0.000000784. The first-order valence-electron chi connectivity index (χ1n) is 24.8. The van der Waals surface area contributed by atoms with E-state index in [1.54, 1.807) is 0 Å². The molecule has 0 rings (SSSR count). The normalized spacial score (nSPS) is 11.7. The van der Waals surface area contributed by atoms with Gasteiger partial charge in [0, 0.05) is 12.8 Å². The summed E-state index contributed by atoms with van der Waals surface area (Å²) in [4.78, 5) is 20.6. The van der Waals surface area contributed by atoms with E-state index < -0.39 is 11.9 Å². The molecule has 0 spiro atoms. The number of carboxylic acid groups (broad SMARTS) is 2. The standard InChI is InChI=1S/2C18H32O2.C18H34/c2*1-2-3-4-5-6-7-8-9-10-11-12-13-14-15-16-17-18(19)20;1-3-5-7-9-11-13-15-17-18-16-14-12-10-8-6-4-2/h7-10H,2-6,11-17H2,1H3,(H,19,20);6-7,9-10H,2-5,8,11-17H2,1H3,(H,19,20);11,13,15,17H,3-10,12,14,16,18H2,1-2H3/b8-7+,10-9-;7-6-,10-9-;13-11-,17-15+. The fourth-order valence-corrected chi connectivity index (χ4v) is 6.28. The van der Waals surface area contributed by atoms with Crippen molar-refractivity contribution in [2.24, 2.45) is 0 Å². The highest BCUT2D eigenvalue weighted by Crippen LogP contribution is 2.11. The summed E-state index contributed by atoms with van der Waals surface area (Å²) in [6.07, 6.45) is 70.0. The molecule has 0 fully saturated rings. The van der Waals surface area contributed by atoms with E-state index in [1.165, 1.54) is 167 Å². The number of carbonyl (C=O) groups is 2. The fraction of sp³-hybridized carbons (Fsp3) is 0.741. The number of hydrogen-bond acceptors (Lipinski definition) is 2. The van der Waals surface area contributed by atoms with Gasteiger partial charge < -0.3 is 10.2 Å². The van der Waals surface area contributed by atoms with Gasteiger partial charge >= 0.3 is 11.9 Å². The molecule has 0 atom stereocenters. The van der Waals surface area contributed by atoms with Crippen molar-refractivity contribution in [1.29, 1.82) is 0 Å². The Bertz CT molecular complexity index is 970. The molecule has 0 aliphatic heterocycles. The molecule has 58 heavy (non-hydrogen) atoms. The van der Waals surface area contributed by atoms with Gasteiger partial charge in [0.1, 0.15) is 0 Å².